The van der Waals surface area contributed by atoms with Gasteiger partial charge >= 0.3 is 5.97 Å². The quantitative estimate of drug-likeness (QED) is 0.800. The van der Waals surface area contributed by atoms with E-state index in [1.807, 2.05) is 0 Å². The van der Waals surface area contributed by atoms with Gasteiger partial charge in [-0.1, -0.05) is 17.7 Å². The summed E-state index contributed by atoms with van der Waals surface area (Å²) in [6.07, 6.45) is 0. The average Bonchev–Trinajstić information content (AvgIpc) is 2.63. The molecule has 2 rings (SSSR count). The number of benzene rings is 1. The topological polar surface area (TPSA) is 53.3 Å². The number of esters is 1. The zero-order chi connectivity index (χ0) is 14.0. The first kappa shape index (κ1) is 13.9. The van der Waals surface area contributed by atoms with Gasteiger partial charge in [0.1, 0.15) is 10.4 Å². The van der Waals surface area contributed by atoms with E-state index in [1.54, 1.807) is 31.3 Å². The fourth-order valence-corrected chi connectivity index (χ4v) is 2.26. The van der Waals surface area contributed by atoms with E-state index in [0.717, 1.165) is 0 Å². The van der Waals surface area contributed by atoms with Gasteiger partial charge in [-0.05, 0) is 34.1 Å². The van der Waals surface area contributed by atoms with Crippen LogP contribution in [0.4, 0.5) is 0 Å². The Bertz CT molecular complexity index is 627. The molecule has 0 aliphatic heterocycles. The number of hydrogen-bond acceptors (Lipinski definition) is 4. The lowest BCUT2D eigenvalue weighted by atomic mass is 10.3. The first-order valence-corrected chi connectivity index (χ1v) is 6.44. The van der Waals surface area contributed by atoms with Gasteiger partial charge in [-0.25, -0.2) is 9.48 Å². The highest BCUT2D eigenvalue weighted by atomic mass is 79.9. The summed E-state index contributed by atoms with van der Waals surface area (Å²) in [5, 5.41) is 4.61. The SMILES string of the molecule is COC(=O)c1c(Br)nn(C)c1Oc1cccc(Cl)c1. The monoisotopic (exact) mass is 344 g/mol. The van der Waals surface area contributed by atoms with Crippen molar-refractivity contribution in [3.05, 3.63) is 39.5 Å². The highest BCUT2D eigenvalue weighted by Gasteiger charge is 2.24. The molecule has 0 radical (unpaired) electrons. The molecule has 0 aliphatic rings. The predicted molar refractivity (Wildman–Crippen MR) is 73.8 cm³/mol. The van der Waals surface area contributed by atoms with Gasteiger partial charge in [0.25, 0.3) is 0 Å². The van der Waals surface area contributed by atoms with E-state index in [0.29, 0.717) is 15.4 Å². The fourth-order valence-electron chi connectivity index (χ4n) is 1.51. The zero-order valence-electron chi connectivity index (χ0n) is 10.2. The summed E-state index contributed by atoms with van der Waals surface area (Å²) in [5.74, 6) is 0.256. The number of aryl methyl sites for hydroxylation is 1. The molecule has 0 N–H and O–H groups in total. The molecule has 0 saturated carbocycles. The van der Waals surface area contributed by atoms with Crippen molar-refractivity contribution in [2.24, 2.45) is 7.05 Å². The molecular weight excluding hydrogens is 336 g/mol. The Morgan fingerprint density at radius 3 is 2.84 bits per heavy atom. The second-order valence-corrected chi connectivity index (χ2v) is 4.83. The fraction of sp³-hybridized carbons (Fsp3) is 0.167. The van der Waals surface area contributed by atoms with Crippen LogP contribution in [0.5, 0.6) is 11.6 Å². The van der Waals surface area contributed by atoms with Gasteiger partial charge in [-0.3, -0.25) is 0 Å². The first-order valence-electron chi connectivity index (χ1n) is 5.27. The molecule has 19 heavy (non-hydrogen) atoms. The lowest BCUT2D eigenvalue weighted by Gasteiger charge is -2.07. The normalized spacial score (nSPS) is 10.3. The minimum absolute atomic E-state index is 0.227. The second kappa shape index (κ2) is 5.63. The molecule has 0 atom stereocenters. The third-order valence-corrected chi connectivity index (χ3v) is 3.14. The van der Waals surface area contributed by atoms with Crippen LogP contribution in [-0.4, -0.2) is 22.9 Å². The molecule has 0 spiro atoms. The van der Waals surface area contributed by atoms with Gasteiger partial charge < -0.3 is 9.47 Å². The molecule has 0 fully saturated rings. The highest BCUT2D eigenvalue weighted by Crippen LogP contribution is 2.31. The number of halogens is 2. The summed E-state index contributed by atoms with van der Waals surface area (Å²) in [6.45, 7) is 0. The van der Waals surface area contributed by atoms with Crippen LogP contribution in [0.25, 0.3) is 0 Å². The minimum Gasteiger partial charge on any atom is -0.465 e. The predicted octanol–water partition coefficient (Wildman–Crippen LogP) is 3.41. The molecule has 1 aromatic carbocycles. The van der Waals surface area contributed by atoms with Crippen LogP contribution < -0.4 is 4.74 Å². The Kier molecular flexibility index (Phi) is 4.11. The standard InChI is InChI=1S/C12H10BrClN2O3/c1-16-11(9(10(13)15-16)12(17)18-2)19-8-5-3-4-7(14)6-8/h3-6H,1-2H3. The number of carbonyl (C=O) groups is 1. The number of aromatic nitrogens is 2. The summed E-state index contributed by atoms with van der Waals surface area (Å²) >= 11 is 9.08. The van der Waals surface area contributed by atoms with Gasteiger partial charge in [0.05, 0.1) is 7.11 Å². The Morgan fingerprint density at radius 2 is 2.21 bits per heavy atom. The van der Waals surface area contributed by atoms with Gasteiger partial charge in [-0.2, -0.15) is 5.10 Å². The maximum absolute atomic E-state index is 11.7. The number of rotatable bonds is 3. The molecular formula is C12H10BrClN2O3. The summed E-state index contributed by atoms with van der Waals surface area (Å²) in [4.78, 5) is 11.7. The Labute approximate surface area is 123 Å². The molecule has 100 valence electrons. The molecule has 1 aromatic heterocycles. The molecule has 0 unspecified atom stereocenters. The molecule has 7 heteroatoms. The Hall–Kier alpha value is -1.53. The largest absolute Gasteiger partial charge is 0.465 e. The summed E-state index contributed by atoms with van der Waals surface area (Å²) in [7, 11) is 2.96. The van der Waals surface area contributed by atoms with E-state index in [4.69, 9.17) is 21.1 Å². The number of methoxy groups -OCH3 is 1. The lowest BCUT2D eigenvalue weighted by Crippen LogP contribution is -2.04. The van der Waals surface area contributed by atoms with Crippen molar-refractivity contribution in [3.63, 3.8) is 0 Å². The number of carbonyl (C=O) groups excluding carboxylic acids is 1. The number of nitrogens with zero attached hydrogens (tertiary/aromatic N) is 2. The Morgan fingerprint density at radius 1 is 1.47 bits per heavy atom. The zero-order valence-corrected chi connectivity index (χ0v) is 12.5. The van der Waals surface area contributed by atoms with Gasteiger partial charge in [0, 0.05) is 12.1 Å². The molecule has 1 heterocycles. The average molecular weight is 346 g/mol. The van der Waals surface area contributed by atoms with Crippen LogP contribution in [0, 0.1) is 0 Å². The van der Waals surface area contributed by atoms with Crippen molar-refractivity contribution in [1.82, 2.24) is 9.78 Å². The first-order chi connectivity index (χ1) is 9.02. The van der Waals surface area contributed by atoms with Crippen molar-refractivity contribution in [1.29, 1.82) is 0 Å². The summed E-state index contributed by atoms with van der Waals surface area (Å²) in [5.41, 5.74) is 0.227. The molecule has 2 aromatic rings. The van der Waals surface area contributed by atoms with Gasteiger partial charge in [0.2, 0.25) is 5.88 Å². The smallest absolute Gasteiger partial charge is 0.346 e. The van der Waals surface area contributed by atoms with Crippen LogP contribution in [0.15, 0.2) is 28.9 Å². The molecule has 0 aliphatic carbocycles. The van der Waals surface area contributed by atoms with E-state index < -0.39 is 5.97 Å². The van der Waals surface area contributed by atoms with Crippen molar-refractivity contribution in [2.45, 2.75) is 0 Å². The van der Waals surface area contributed by atoms with Crippen LogP contribution in [0.2, 0.25) is 5.02 Å². The Balaban J connectivity index is 2.42. The molecule has 5 nitrogen and oxygen atoms in total. The molecule has 0 amide bonds. The minimum atomic E-state index is -0.531. The van der Waals surface area contributed by atoms with Crippen LogP contribution in [-0.2, 0) is 11.8 Å². The van der Waals surface area contributed by atoms with Crippen LogP contribution >= 0.6 is 27.5 Å². The summed E-state index contributed by atoms with van der Waals surface area (Å²) in [6, 6.07) is 6.85. The third kappa shape index (κ3) is 2.90. The van der Waals surface area contributed by atoms with Crippen LogP contribution in [0.1, 0.15) is 10.4 Å². The number of ether oxygens (including phenoxy) is 2. The second-order valence-electron chi connectivity index (χ2n) is 3.65. The summed E-state index contributed by atoms with van der Waals surface area (Å²) < 4.78 is 12.2. The maximum atomic E-state index is 11.7. The lowest BCUT2D eigenvalue weighted by molar-refractivity contribution is 0.0596. The van der Waals surface area contributed by atoms with E-state index in [2.05, 4.69) is 21.0 Å². The molecule has 0 saturated heterocycles. The highest BCUT2D eigenvalue weighted by molar-refractivity contribution is 9.10. The van der Waals surface area contributed by atoms with Crippen molar-refractivity contribution >= 4 is 33.5 Å². The third-order valence-electron chi connectivity index (χ3n) is 2.35. The van der Waals surface area contributed by atoms with Crippen LogP contribution in [0.3, 0.4) is 0 Å². The number of hydrogen-bond donors (Lipinski definition) is 0. The van der Waals surface area contributed by atoms with E-state index in [1.165, 1.54) is 11.8 Å². The van der Waals surface area contributed by atoms with Crippen molar-refractivity contribution in [2.75, 3.05) is 7.11 Å². The van der Waals surface area contributed by atoms with E-state index >= 15 is 0 Å². The van der Waals surface area contributed by atoms with Crippen molar-refractivity contribution < 1.29 is 14.3 Å². The maximum Gasteiger partial charge on any atom is 0.346 e. The van der Waals surface area contributed by atoms with E-state index in [-0.39, 0.29) is 11.4 Å². The van der Waals surface area contributed by atoms with Gasteiger partial charge in [0.15, 0.2) is 5.56 Å². The van der Waals surface area contributed by atoms with Crippen molar-refractivity contribution in [3.8, 4) is 11.6 Å². The van der Waals surface area contributed by atoms with Gasteiger partial charge in [-0.15, -0.1) is 0 Å². The molecule has 0 bridgehead atoms. The van der Waals surface area contributed by atoms with E-state index in [9.17, 15) is 4.79 Å².